The summed E-state index contributed by atoms with van der Waals surface area (Å²) in [4.78, 5) is 11.9. The molecule has 0 saturated heterocycles. The van der Waals surface area contributed by atoms with E-state index >= 15 is 0 Å². The fourth-order valence-corrected chi connectivity index (χ4v) is 2.13. The van der Waals surface area contributed by atoms with Crippen molar-refractivity contribution in [3.05, 3.63) is 65.7 Å². The molecule has 0 unspecified atom stereocenters. The number of benzene rings is 2. The Balaban J connectivity index is 1.81. The molecule has 21 heavy (non-hydrogen) atoms. The normalized spacial score (nSPS) is 10.1. The Morgan fingerprint density at radius 3 is 2.52 bits per heavy atom. The summed E-state index contributed by atoms with van der Waals surface area (Å²) in [5, 5.41) is 2.95. The average molecular weight is 283 g/mol. The fraction of sp³-hybridized carbons (Fsp3) is 0.278. The van der Waals surface area contributed by atoms with Gasteiger partial charge in [-0.25, -0.2) is 0 Å². The van der Waals surface area contributed by atoms with Crippen LogP contribution in [-0.4, -0.2) is 12.5 Å². The van der Waals surface area contributed by atoms with Crippen LogP contribution < -0.4 is 10.1 Å². The van der Waals surface area contributed by atoms with Crippen molar-refractivity contribution in [2.45, 2.75) is 26.3 Å². The zero-order valence-corrected chi connectivity index (χ0v) is 12.3. The molecule has 1 N–H and O–H groups in total. The molecule has 0 bridgehead atoms. The minimum absolute atomic E-state index is 0.0603. The molecule has 2 rings (SSSR count). The molecule has 0 radical (unpaired) electrons. The summed E-state index contributed by atoms with van der Waals surface area (Å²) in [6.45, 7) is 3.08. The lowest BCUT2D eigenvalue weighted by Gasteiger charge is -2.11. The van der Waals surface area contributed by atoms with Gasteiger partial charge in [0.2, 0.25) is 5.91 Å². The van der Waals surface area contributed by atoms with E-state index in [2.05, 4.69) is 5.32 Å². The number of hydrogen-bond acceptors (Lipinski definition) is 2. The molecule has 0 fully saturated rings. The number of ether oxygens (including phenoxy) is 1. The second-order valence-corrected chi connectivity index (χ2v) is 4.80. The third-order valence-electron chi connectivity index (χ3n) is 3.23. The third kappa shape index (κ3) is 4.95. The topological polar surface area (TPSA) is 38.3 Å². The lowest BCUT2D eigenvalue weighted by atomic mass is 10.1. The molecule has 0 aromatic heterocycles. The zero-order chi connectivity index (χ0) is 14.9. The van der Waals surface area contributed by atoms with E-state index in [1.807, 2.05) is 61.5 Å². The van der Waals surface area contributed by atoms with Crippen LogP contribution in [0.1, 0.15) is 24.5 Å². The lowest BCUT2D eigenvalue weighted by molar-refractivity contribution is -0.121. The van der Waals surface area contributed by atoms with Gasteiger partial charge in [-0.05, 0) is 25.0 Å². The molecular weight excluding hydrogens is 262 g/mol. The number of hydrogen-bond donors (Lipinski definition) is 1. The Bertz CT molecular complexity index is 566. The monoisotopic (exact) mass is 283 g/mol. The maximum atomic E-state index is 11.9. The summed E-state index contributed by atoms with van der Waals surface area (Å²) < 4.78 is 5.55. The van der Waals surface area contributed by atoms with Gasteiger partial charge in [0.15, 0.2) is 0 Å². The van der Waals surface area contributed by atoms with E-state index in [1.54, 1.807) is 0 Å². The first-order chi connectivity index (χ1) is 10.3. The summed E-state index contributed by atoms with van der Waals surface area (Å²) in [6, 6.07) is 17.8. The van der Waals surface area contributed by atoms with Crippen LogP contribution in [0.4, 0.5) is 0 Å². The largest absolute Gasteiger partial charge is 0.494 e. The molecule has 0 heterocycles. The number of amides is 1. The maximum absolute atomic E-state index is 11.9. The lowest BCUT2D eigenvalue weighted by Crippen LogP contribution is -2.23. The highest BCUT2D eigenvalue weighted by atomic mass is 16.5. The highest BCUT2D eigenvalue weighted by molar-refractivity contribution is 5.76. The molecular formula is C18H21NO2. The summed E-state index contributed by atoms with van der Waals surface area (Å²) in [6.07, 6.45) is 1.26. The Kier molecular flexibility index (Phi) is 5.83. The first-order valence-corrected chi connectivity index (χ1v) is 7.31. The van der Waals surface area contributed by atoms with Crippen LogP contribution in [0, 0.1) is 0 Å². The molecule has 2 aromatic carbocycles. The van der Waals surface area contributed by atoms with Crippen LogP contribution >= 0.6 is 0 Å². The Morgan fingerprint density at radius 2 is 1.76 bits per heavy atom. The number of para-hydroxylation sites is 1. The molecule has 3 heteroatoms. The standard InChI is InChI=1S/C18H21NO2/c1-2-21-17-11-7-6-10-16(17)14-19-18(20)13-12-15-8-4-3-5-9-15/h3-11H,2,12-14H2,1H3,(H,19,20). The summed E-state index contributed by atoms with van der Waals surface area (Å²) in [5.74, 6) is 0.897. The maximum Gasteiger partial charge on any atom is 0.220 e. The van der Waals surface area contributed by atoms with Gasteiger partial charge in [0.1, 0.15) is 5.75 Å². The first-order valence-electron chi connectivity index (χ1n) is 7.31. The zero-order valence-electron chi connectivity index (χ0n) is 12.3. The van der Waals surface area contributed by atoms with Crippen LogP contribution in [-0.2, 0) is 17.8 Å². The minimum Gasteiger partial charge on any atom is -0.494 e. The minimum atomic E-state index is 0.0603. The van der Waals surface area contributed by atoms with Gasteiger partial charge in [-0.15, -0.1) is 0 Å². The van der Waals surface area contributed by atoms with Gasteiger partial charge in [0.05, 0.1) is 6.61 Å². The molecule has 0 atom stereocenters. The fourth-order valence-electron chi connectivity index (χ4n) is 2.13. The number of rotatable bonds is 7. The van der Waals surface area contributed by atoms with Crippen molar-refractivity contribution < 1.29 is 9.53 Å². The number of carbonyl (C=O) groups is 1. The van der Waals surface area contributed by atoms with Crippen molar-refractivity contribution >= 4 is 5.91 Å². The van der Waals surface area contributed by atoms with E-state index in [1.165, 1.54) is 5.56 Å². The van der Waals surface area contributed by atoms with Gasteiger partial charge in [-0.2, -0.15) is 0 Å². The van der Waals surface area contributed by atoms with Crippen LogP contribution in [0.15, 0.2) is 54.6 Å². The quantitative estimate of drug-likeness (QED) is 0.846. The number of aryl methyl sites for hydroxylation is 1. The average Bonchev–Trinajstić information content (AvgIpc) is 2.53. The van der Waals surface area contributed by atoms with E-state index in [-0.39, 0.29) is 5.91 Å². The highest BCUT2D eigenvalue weighted by Crippen LogP contribution is 2.17. The summed E-state index contributed by atoms with van der Waals surface area (Å²) >= 11 is 0. The summed E-state index contributed by atoms with van der Waals surface area (Å²) in [5.41, 5.74) is 2.19. The number of carbonyl (C=O) groups excluding carboxylic acids is 1. The molecule has 0 spiro atoms. The molecule has 0 aliphatic rings. The molecule has 110 valence electrons. The SMILES string of the molecule is CCOc1ccccc1CNC(=O)CCc1ccccc1. The molecule has 1 amide bonds. The van der Waals surface area contributed by atoms with Gasteiger partial charge in [0.25, 0.3) is 0 Å². The molecule has 0 aliphatic heterocycles. The smallest absolute Gasteiger partial charge is 0.220 e. The second kappa shape index (κ2) is 8.10. The summed E-state index contributed by atoms with van der Waals surface area (Å²) in [7, 11) is 0. The Labute approximate surface area is 126 Å². The highest BCUT2D eigenvalue weighted by Gasteiger charge is 2.05. The van der Waals surface area contributed by atoms with Crippen LogP contribution in [0.3, 0.4) is 0 Å². The molecule has 2 aromatic rings. The van der Waals surface area contributed by atoms with Gasteiger partial charge in [-0.3, -0.25) is 4.79 Å². The van der Waals surface area contributed by atoms with Crippen molar-refractivity contribution in [1.29, 1.82) is 0 Å². The Hall–Kier alpha value is -2.29. The van der Waals surface area contributed by atoms with Crippen LogP contribution in [0.25, 0.3) is 0 Å². The number of nitrogens with one attached hydrogen (secondary N) is 1. The van der Waals surface area contributed by atoms with Crippen LogP contribution in [0.5, 0.6) is 5.75 Å². The third-order valence-corrected chi connectivity index (χ3v) is 3.23. The molecule has 0 saturated carbocycles. The van der Waals surface area contributed by atoms with Gasteiger partial charge in [0, 0.05) is 18.5 Å². The van der Waals surface area contributed by atoms with Crippen molar-refractivity contribution in [1.82, 2.24) is 5.32 Å². The predicted molar refractivity (Wildman–Crippen MR) is 84.2 cm³/mol. The second-order valence-electron chi connectivity index (χ2n) is 4.80. The van der Waals surface area contributed by atoms with E-state index < -0.39 is 0 Å². The van der Waals surface area contributed by atoms with E-state index in [9.17, 15) is 4.79 Å². The first kappa shape index (κ1) is 15.1. The van der Waals surface area contributed by atoms with Crippen molar-refractivity contribution in [2.75, 3.05) is 6.61 Å². The van der Waals surface area contributed by atoms with E-state index in [0.29, 0.717) is 19.6 Å². The predicted octanol–water partition coefficient (Wildman–Crippen LogP) is 3.33. The van der Waals surface area contributed by atoms with Gasteiger partial charge < -0.3 is 10.1 Å². The van der Waals surface area contributed by atoms with Crippen molar-refractivity contribution in [3.63, 3.8) is 0 Å². The van der Waals surface area contributed by atoms with Gasteiger partial charge >= 0.3 is 0 Å². The van der Waals surface area contributed by atoms with Gasteiger partial charge in [-0.1, -0.05) is 48.5 Å². The van der Waals surface area contributed by atoms with Crippen LogP contribution in [0.2, 0.25) is 0 Å². The van der Waals surface area contributed by atoms with E-state index in [4.69, 9.17) is 4.74 Å². The Morgan fingerprint density at radius 1 is 1.05 bits per heavy atom. The van der Waals surface area contributed by atoms with E-state index in [0.717, 1.165) is 17.7 Å². The van der Waals surface area contributed by atoms with Crippen molar-refractivity contribution in [3.8, 4) is 5.75 Å². The molecule has 3 nitrogen and oxygen atoms in total. The van der Waals surface area contributed by atoms with Crippen molar-refractivity contribution in [2.24, 2.45) is 0 Å². The molecule has 0 aliphatic carbocycles.